The molecule has 0 radical (unpaired) electrons. The highest BCUT2D eigenvalue weighted by molar-refractivity contribution is 7.40. The third-order valence-corrected chi connectivity index (χ3v) is 8.70. The average molecular weight is 700 g/mol. The maximum Gasteiger partial charge on any atom is 0.330 e. The van der Waals surface area contributed by atoms with Crippen molar-refractivity contribution in [2.45, 2.75) is 109 Å². The molecule has 49 heavy (non-hydrogen) atoms. The van der Waals surface area contributed by atoms with Crippen LogP contribution in [0.5, 0.6) is 5.88 Å². The lowest BCUT2D eigenvalue weighted by Crippen LogP contribution is -2.29. The SMILES string of the molecule is C#N.CCCCCCCCCCCCCCOCC(COP(O)OCC(CCc1ccc2c(N)ncnn12)OC)Oc1ccc(C#N)cn1. The van der Waals surface area contributed by atoms with E-state index in [0.29, 0.717) is 36.7 Å². The Balaban J connectivity index is 0.00000409. The normalized spacial score (nSPS) is 12.9. The van der Waals surface area contributed by atoms with Crippen molar-refractivity contribution < 1.29 is 28.2 Å². The quantitative estimate of drug-likeness (QED) is 0.0610. The second-order valence-corrected chi connectivity index (χ2v) is 12.7. The number of nitrogens with zero attached hydrogens (tertiary/aromatic N) is 6. The van der Waals surface area contributed by atoms with Gasteiger partial charge in [-0.15, -0.1) is 0 Å². The molecule has 3 heterocycles. The minimum Gasteiger partial charge on any atom is -0.469 e. The van der Waals surface area contributed by atoms with E-state index in [1.165, 1.54) is 76.7 Å². The molecule has 270 valence electrons. The van der Waals surface area contributed by atoms with Gasteiger partial charge in [0, 0.05) is 38.2 Å². The minimum atomic E-state index is -2.18. The van der Waals surface area contributed by atoms with Gasteiger partial charge < -0.3 is 33.9 Å². The van der Waals surface area contributed by atoms with Crippen LogP contribution in [-0.2, 0) is 24.9 Å². The van der Waals surface area contributed by atoms with E-state index in [2.05, 4.69) is 28.6 Å². The largest absolute Gasteiger partial charge is 0.469 e. The van der Waals surface area contributed by atoms with E-state index >= 15 is 0 Å². The predicted molar refractivity (Wildman–Crippen MR) is 189 cm³/mol. The lowest BCUT2D eigenvalue weighted by Gasteiger charge is -2.21. The first-order chi connectivity index (χ1) is 24.0. The highest BCUT2D eigenvalue weighted by atomic mass is 31.2. The summed E-state index contributed by atoms with van der Waals surface area (Å²) >= 11 is 0. The van der Waals surface area contributed by atoms with E-state index in [4.69, 9.17) is 39.5 Å². The van der Waals surface area contributed by atoms with Gasteiger partial charge in [-0.2, -0.15) is 10.4 Å². The third kappa shape index (κ3) is 17.2. The number of hydrogen-bond acceptors (Lipinski definition) is 12. The fourth-order valence-electron chi connectivity index (χ4n) is 5.17. The van der Waals surface area contributed by atoms with Crippen LogP contribution in [0.1, 0.15) is 102 Å². The molecule has 0 fully saturated rings. The zero-order valence-electron chi connectivity index (χ0n) is 29.1. The Kier molecular flexibility index (Phi) is 22.5. The summed E-state index contributed by atoms with van der Waals surface area (Å²) in [7, 11) is -0.577. The van der Waals surface area contributed by atoms with Gasteiger partial charge in [-0.1, -0.05) is 77.6 Å². The topological polar surface area (TPSA) is 183 Å². The van der Waals surface area contributed by atoms with Gasteiger partial charge in [-0.3, -0.25) is 0 Å². The molecular formula is C35H54N7O6P. The molecule has 3 N–H and O–H groups in total. The van der Waals surface area contributed by atoms with Gasteiger partial charge in [0.25, 0.3) is 0 Å². The molecule has 0 spiro atoms. The lowest BCUT2D eigenvalue weighted by molar-refractivity contribution is 0.0119. The molecule has 3 rings (SSSR count). The Morgan fingerprint density at radius 1 is 0.898 bits per heavy atom. The van der Waals surface area contributed by atoms with Crippen LogP contribution in [0, 0.1) is 23.2 Å². The second-order valence-electron chi connectivity index (χ2n) is 11.7. The molecular weight excluding hydrogens is 645 g/mol. The number of aryl methyl sites for hydroxylation is 1. The highest BCUT2D eigenvalue weighted by Crippen LogP contribution is 2.33. The average Bonchev–Trinajstić information content (AvgIpc) is 3.56. The Morgan fingerprint density at radius 2 is 1.55 bits per heavy atom. The molecule has 3 aromatic rings. The van der Waals surface area contributed by atoms with Gasteiger partial charge in [-0.05, 0) is 37.5 Å². The zero-order chi connectivity index (χ0) is 35.5. The minimum absolute atomic E-state index is 0.0389. The Morgan fingerprint density at radius 3 is 2.16 bits per heavy atom. The number of hydrogen-bond donors (Lipinski definition) is 2. The predicted octanol–water partition coefficient (Wildman–Crippen LogP) is 7.08. The number of ether oxygens (including phenoxy) is 3. The maximum atomic E-state index is 10.5. The zero-order valence-corrected chi connectivity index (χ0v) is 30.0. The van der Waals surface area contributed by atoms with Crippen molar-refractivity contribution in [2.24, 2.45) is 0 Å². The fraction of sp³-hybridized carbons (Fsp3) is 0.629. The molecule has 0 aliphatic carbocycles. The molecule has 14 heteroatoms. The number of fused-ring (bicyclic) bond motifs is 1. The first kappa shape index (κ1) is 41.7. The summed E-state index contributed by atoms with van der Waals surface area (Å²) in [5, 5.41) is 19.8. The van der Waals surface area contributed by atoms with Gasteiger partial charge in [0.15, 0.2) is 5.82 Å². The van der Waals surface area contributed by atoms with Crippen molar-refractivity contribution in [2.75, 3.05) is 39.3 Å². The van der Waals surface area contributed by atoms with Crippen LogP contribution >= 0.6 is 8.60 Å². The molecule has 3 aromatic heterocycles. The number of methoxy groups -OCH3 is 1. The van der Waals surface area contributed by atoms with Crippen LogP contribution in [0.4, 0.5) is 5.82 Å². The number of nitrogen functional groups attached to an aromatic ring is 1. The lowest BCUT2D eigenvalue weighted by atomic mass is 10.1. The summed E-state index contributed by atoms with van der Waals surface area (Å²) in [4.78, 5) is 18.7. The molecule has 13 nitrogen and oxygen atoms in total. The van der Waals surface area contributed by atoms with Crippen molar-refractivity contribution >= 4 is 19.9 Å². The number of unbranched alkanes of at least 4 members (excludes halogenated alkanes) is 11. The summed E-state index contributed by atoms with van der Waals surface area (Å²) in [6.45, 7) is 6.83. The number of nitriles is 2. The Bertz CT molecular complexity index is 1340. The van der Waals surface area contributed by atoms with Gasteiger partial charge in [0.2, 0.25) is 5.88 Å². The first-order valence-electron chi connectivity index (χ1n) is 17.2. The Hall–Kier alpha value is -3.42. The molecule has 0 saturated heterocycles. The smallest absolute Gasteiger partial charge is 0.330 e. The molecule has 0 aliphatic heterocycles. The number of anilines is 1. The van der Waals surface area contributed by atoms with E-state index in [9.17, 15) is 4.89 Å². The molecule has 3 unspecified atom stereocenters. The van der Waals surface area contributed by atoms with Crippen LogP contribution in [0.15, 0.2) is 36.8 Å². The number of nitrogens with two attached hydrogens (primary N) is 1. The summed E-state index contributed by atoms with van der Waals surface area (Å²) < 4.78 is 30.5. The molecule has 0 saturated carbocycles. The molecule has 0 aromatic carbocycles. The van der Waals surface area contributed by atoms with Crippen molar-refractivity contribution in [3.63, 3.8) is 0 Å². The van der Waals surface area contributed by atoms with E-state index in [1.807, 2.05) is 18.2 Å². The highest BCUT2D eigenvalue weighted by Gasteiger charge is 2.19. The molecule has 0 aliphatic rings. The van der Waals surface area contributed by atoms with E-state index < -0.39 is 14.7 Å². The monoisotopic (exact) mass is 699 g/mol. The standard InChI is InChI=1S/C34H53N6O6P.CHN/c1-3-4-5-6-7-8-9-10-11-12-13-14-21-43-24-31(46-33-20-15-28(22-35)23-37-33)26-45-47(41)44-25-30(42-2)18-16-29-17-19-32-34(36)38-27-39-40(29)32;1-2/h15,17,19-20,23,27,30-31,41H,3-14,16,18,21,24-26H2,1-2H3,(H2,36,38,39);1H. The van der Waals surface area contributed by atoms with Gasteiger partial charge >= 0.3 is 8.60 Å². The van der Waals surface area contributed by atoms with Gasteiger partial charge in [-0.25, -0.2) is 19.7 Å². The molecule has 0 bridgehead atoms. The van der Waals surface area contributed by atoms with Crippen molar-refractivity contribution in [3.05, 3.63) is 48.0 Å². The second kappa shape index (κ2) is 26.4. The first-order valence-corrected chi connectivity index (χ1v) is 18.4. The number of rotatable bonds is 27. The van der Waals surface area contributed by atoms with E-state index in [-0.39, 0.29) is 25.9 Å². The van der Waals surface area contributed by atoms with Crippen molar-refractivity contribution in [1.29, 1.82) is 10.5 Å². The van der Waals surface area contributed by atoms with Crippen LogP contribution in [-0.4, -0.2) is 70.2 Å². The summed E-state index contributed by atoms with van der Waals surface area (Å²) in [6.07, 6.45) is 18.8. The van der Waals surface area contributed by atoms with Crippen LogP contribution < -0.4 is 10.5 Å². The number of aromatic nitrogens is 4. The summed E-state index contributed by atoms with van der Waals surface area (Å²) in [5.74, 6) is 0.770. The number of pyridine rings is 1. The van der Waals surface area contributed by atoms with Gasteiger partial charge in [0.1, 0.15) is 24.0 Å². The third-order valence-electron chi connectivity index (χ3n) is 7.96. The summed E-state index contributed by atoms with van der Waals surface area (Å²) in [5.41, 5.74) is 8.10. The molecule has 0 amide bonds. The van der Waals surface area contributed by atoms with Crippen LogP contribution in [0.2, 0.25) is 0 Å². The van der Waals surface area contributed by atoms with Crippen LogP contribution in [0.25, 0.3) is 5.52 Å². The molecule has 3 atom stereocenters. The Labute approximate surface area is 292 Å². The van der Waals surface area contributed by atoms with Crippen LogP contribution in [0.3, 0.4) is 0 Å². The van der Waals surface area contributed by atoms with E-state index in [1.54, 1.807) is 23.8 Å². The van der Waals surface area contributed by atoms with Gasteiger partial charge in [0.05, 0.1) is 31.5 Å². The summed E-state index contributed by atoms with van der Waals surface area (Å²) in [6, 6.07) is 9.16. The van der Waals surface area contributed by atoms with Crippen molar-refractivity contribution in [3.8, 4) is 18.5 Å². The fourth-order valence-corrected chi connectivity index (χ4v) is 5.83. The maximum absolute atomic E-state index is 10.5. The van der Waals surface area contributed by atoms with E-state index in [0.717, 1.165) is 24.1 Å². The van der Waals surface area contributed by atoms with Crippen molar-refractivity contribution in [1.82, 2.24) is 19.6 Å².